The molecule has 2 N–H and O–H groups in total. The van der Waals surface area contributed by atoms with E-state index in [1.165, 1.54) is 0 Å². The van der Waals surface area contributed by atoms with Crippen LogP contribution in [0.2, 0.25) is 0 Å². The van der Waals surface area contributed by atoms with E-state index in [-0.39, 0.29) is 30.7 Å². The Morgan fingerprint density at radius 1 is 0.778 bits per heavy atom. The monoisotopic (exact) mass is 362 g/mol. The summed E-state index contributed by atoms with van der Waals surface area (Å²) in [6, 6.07) is 23.4. The average Bonchev–Trinajstić information content (AvgIpc) is 3.24. The van der Waals surface area contributed by atoms with E-state index < -0.39 is 0 Å². The lowest BCUT2D eigenvalue weighted by Crippen LogP contribution is -2.37. The van der Waals surface area contributed by atoms with Crippen molar-refractivity contribution >= 4 is 11.8 Å². The molecule has 5 heteroatoms. The van der Waals surface area contributed by atoms with Gasteiger partial charge in [-0.3, -0.25) is 9.59 Å². The standard InChI is InChI=1S/C22H22N2O3/c25-21(24-16-22(26)23-15-19-12-7-13-27-19)14-20(17-8-3-1-4-9-17)18-10-5-2-6-11-18/h1-13,20H,14-16H2,(H,23,26)(H,24,25). The molecule has 1 aromatic heterocycles. The molecule has 0 spiro atoms. The molecule has 2 aromatic carbocycles. The van der Waals surface area contributed by atoms with Gasteiger partial charge >= 0.3 is 0 Å². The number of hydrogen-bond acceptors (Lipinski definition) is 3. The number of rotatable bonds is 8. The minimum Gasteiger partial charge on any atom is -0.467 e. The Morgan fingerprint density at radius 3 is 1.96 bits per heavy atom. The van der Waals surface area contributed by atoms with Crippen molar-refractivity contribution in [1.82, 2.24) is 10.6 Å². The minimum atomic E-state index is -0.254. The van der Waals surface area contributed by atoms with Crippen molar-refractivity contribution in [2.45, 2.75) is 18.9 Å². The van der Waals surface area contributed by atoms with Crippen molar-refractivity contribution in [3.63, 3.8) is 0 Å². The van der Waals surface area contributed by atoms with Crippen molar-refractivity contribution in [2.24, 2.45) is 0 Å². The molecule has 0 saturated carbocycles. The molecule has 0 unspecified atom stereocenters. The Hall–Kier alpha value is -3.34. The number of nitrogens with one attached hydrogen (secondary N) is 2. The van der Waals surface area contributed by atoms with Crippen LogP contribution in [-0.2, 0) is 16.1 Å². The molecule has 3 rings (SSSR count). The highest BCUT2D eigenvalue weighted by Crippen LogP contribution is 2.27. The summed E-state index contributed by atoms with van der Waals surface area (Å²) in [5.41, 5.74) is 2.14. The van der Waals surface area contributed by atoms with E-state index >= 15 is 0 Å². The summed E-state index contributed by atoms with van der Waals surface area (Å²) in [4.78, 5) is 24.3. The first-order chi connectivity index (χ1) is 13.2. The van der Waals surface area contributed by atoms with Crippen LogP contribution >= 0.6 is 0 Å². The van der Waals surface area contributed by atoms with Crippen LogP contribution in [0.4, 0.5) is 0 Å². The van der Waals surface area contributed by atoms with Crippen LogP contribution < -0.4 is 10.6 Å². The number of hydrogen-bond donors (Lipinski definition) is 2. The molecule has 0 radical (unpaired) electrons. The lowest BCUT2D eigenvalue weighted by Gasteiger charge is -2.18. The van der Waals surface area contributed by atoms with Gasteiger partial charge in [-0.1, -0.05) is 60.7 Å². The largest absolute Gasteiger partial charge is 0.467 e. The Bertz CT molecular complexity index is 806. The number of benzene rings is 2. The first-order valence-electron chi connectivity index (χ1n) is 8.88. The number of carbonyl (C=O) groups is 2. The topological polar surface area (TPSA) is 71.3 Å². The zero-order chi connectivity index (χ0) is 18.9. The van der Waals surface area contributed by atoms with E-state index in [9.17, 15) is 9.59 Å². The highest BCUT2D eigenvalue weighted by atomic mass is 16.3. The molecule has 0 atom stereocenters. The molecule has 0 saturated heterocycles. The SMILES string of the molecule is O=C(CNC(=O)CC(c1ccccc1)c1ccccc1)NCc1ccco1. The quantitative estimate of drug-likeness (QED) is 0.646. The molecule has 0 aliphatic rings. The smallest absolute Gasteiger partial charge is 0.239 e. The van der Waals surface area contributed by atoms with Crippen LogP contribution in [0.1, 0.15) is 29.2 Å². The van der Waals surface area contributed by atoms with Crippen molar-refractivity contribution < 1.29 is 14.0 Å². The predicted molar refractivity (Wildman–Crippen MR) is 103 cm³/mol. The van der Waals surface area contributed by atoms with Gasteiger partial charge in [0.05, 0.1) is 19.4 Å². The summed E-state index contributed by atoms with van der Waals surface area (Å²) in [6.07, 6.45) is 1.83. The lowest BCUT2D eigenvalue weighted by molar-refractivity contribution is -0.126. The zero-order valence-electron chi connectivity index (χ0n) is 14.9. The van der Waals surface area contributed by atoms with Crippen LogP contribution in [0.3, 0.4) is 0 Å². The molecule has 3 aromatic rings. The van der Waals surface area contributed by atoms with E-state index in [0.717, 1.165) is 11.1 Å². The first-order valence-corrected chi connectivity index (χ1v) is 8.88. The third-order valence-electron chi connectivity index (χ3n) is 4.28. The van der Waals surface area contributed by atoms with E-state index in [1.807, 2.05) is 60.7 Å². The molecule has 0 fully saturated rings. The second-order valence-corrected chi connectivity index (χ2v) is 6.21. The van der Waals surface area contributed by atoms with Crippen molar-refractivity contribution in [3.8, 4) is 0 Å². The summed E-state index contributed by atoms with van der Waals surface area (Å²) < 4.78 is 5.16. The van der Waals surface area contributed by atoms with Gasteiger partial charge in [0, 0.05) is 12.3 Å². The fourth-order valence-corrected chi connectivity index (χ4v) is 2.90. The molecule has 1 heterocycles. The number of furan rings is 1. The third-order valence-corrected chi connectivity index (χ3v) is 4.28. The molecule has 27 heavy (non-hydrogen) atoms. The van der Waals surface area contributed by atoms with Crippen LogP contribution in [0.15, 0.2) is 83.5 Å². The van der Waals surface area contributed by atoms with Gasteiger partial charge in [-0.2, -0.15) is 0 Å². The van der Waals surface area contributed by atoms with Gasteiger partial charge in [0.15, 0.2) is 0 Å². The van der Waals surface area contributed by atoms with Crippen LogP contribution in [0, 0.1) is 0 Å². The van der Waals surface area contributed by atoms with Crippen LogP contribution in [0.25, 0.3) is 0 Å². The fraction of sp³-hybridized carbons (Fsp3) is 0.182. The fourth-order valence-electron chi connectivity index (χ4n) is 2.90. The first kappa shape index (κ1) is 18.5. The van der Waals surface area contributed by atoms with Crippen LogP contribution in [0.5, 0.6) is 0 Å². The van der Waals surface area contributed by atoms with Gasteiger partial charge < -0.3 is 15.1 Å². The van der Waals surface area contributed by atoms with Gasteiger partial charge in [0.25, 0.3) is 0 Å². The Balaban J connectivity index is 1.55. The third kappa shape index (κ3) is 5.57. The molecule has 0 aliphatic heterocycles. The van der Waals surface area contributed by atoms with E-state index in [1.54, 1.807) is 18.4 Å². The molecule has 0 aliphatic carbocycles. The van der Waals surface area contributed by atoms with Gasteiger partial charge in [0.2, 0.25) is 11.8 Å². The van der Waals surface area contributed by atoms with Crippen LogP contribution in [-0.4, -0.2) is 18.4 Å². The minimum absolute atomic E-state index is 0.0569. The molecule has 5 nitrogen and oxygen atoms in total. The number of amides is 2. The number of carbonyl (C=O) groups excluding carboxylic acids is 2. The van der Waals surface area contributed by atoms with Crippen molar-refractivity contribution in [2.75, 3.05) is 6.54 Å². The normalized spacial score (nSPS) is 10.6. The maximum atomic E-state index is 12.4. The maximum absolute atomic E-state index is 12.4. The molecule has 138 valence electrons. The molecular formula is C22H22N2O3. The van der Waals surface area contributed by atoms with Crippen molar-refractivity contribution in [3.05, 3.63) is 95.9 Å². The molecular weight excluding hydrogens is 340 g/mol. The summed E-state index contributed by atoms with van der Waals surface area (Å²) in [6.45, 7) is 0.244. The summed E-state index contributed by atoms with van der Waals surface area (Å²) in [7, 11) is 0. The molecule has 2 amide bonds. The Morgan fingerprint density at radius 2 is 1.41 bits per heavy atom. The van der Waals surface area contributed by atoms with Gasteiger partial charge in [-0.15, -0.1) is 0 Å². The summed E-state index contributed by atoms with van der Waals surface area (Å²) in [5.74, 6) is 0.193. The predicted octanol–water partition coefficient (Wildman–Crippen LogP) is 3.23. The zero-order valence-corrected chi connectivity index (χ0v) is 14.9. The maximum Gasteiger partial charge on any atom is 0.239 e. The van der Waals surface area contributed by atoms with E-state index in [2.05, 4.69) is 10.6 Å². The van der Waals surface area contributed by atoms with Crippen molar-refractivity contribution in [1.29, 1.82) is 0 Å². The summed E-state index contributed by atoms with van der Waals surface area (Å²) >= 11 is 0. The van der Waals surface area contributed by atoms with E-state index in [4.69, 9.17) is 4.42 Å². The highest BCUT2D eigenvalue weighted by Gasteiger charge is 2.18. The Kier molecular flexibility index (Phi) is 6.41. The average molecular weight is 362 g/mol. The second-order valence-electron chi connectivity index (χ2n) is 6.21. The van der Waals surface area contributed by atoms with Gasteiger partial charge in [0.1, 0.15) is 5.76 Å². The van der Waals surface area contributed by atoms with Gasteiger partial charge in [-0.05, 0) is 23.3 Å². The van der Waals surface area contributed by atoms with Gasteiger partial charge in [-0.25, -0.2) is 0 Å². The lowest BCUT2D eigenvalue weighted by atomic mass is 9.88. The second kappa shape index (κ2) is 9.38. The van der Waals surface area contributed by atoms with E-state index in [0.29, 0.717) is 12.3 Å². The summed E-state index contributed by atoms with van der Waals surface area (Å²) in [5, 5.41) is 5.41. The Labute approximate surface area is 158 Å². The highest BCUT2D eigenvalue weighted by molar-refractivity contribution is 5.85. The molecule has 0 bridgehead atoms.